The lowest BCUT2D eigenvalue weighted by Crippen LogP contribution is -2.47. The van der Waals surface area contributed by atoms with Crippen molar-refractivity contribution in [1.29, 1.82) is 0 Å². The summed E-state index contributed by atoms with van der Waals surface area (Å²) < 4.78 is 19.0. The summed E-state index contributed by atoms with van der Waals surface area (Å²) in [6.45, 7) is 4.98. The average Bonchev–Trinajstić information content (AvgIpc) is 2.99. The van der Waals surface area contributed by atoms with E-state index in [1.165, 1.54) is 49.7 Å². The van der Waals surface area contributed by atoms with Crippen LogP contribution in [0, 0.1) is 23.1 Å². The molecule has 3 aliphatic carbocycles. The Labute approximate surface area is 168 Å². The number of ether oxygens (including phenoxy) is 1. The molecule has 0 aromatic heterocycles. The molecule has 0 heterocycles. The van der Waals surface area contributed by atoms with Crippen molar-refractivity contribution < 1.29 is 9.13 Å². The molecule has 5 rings (SSSR count). The van der Waals surface area contributed by atoms with E-state index in [9.17, 15) is 4.39 Å². The van der Waals surface area contributed by atoms with Crippen LogP contribution in [-0.2, 0) is 11.8 Å². The highest BCUT2D eigenvalue weighted by Gasteiger charge is 2.60. The van der Waals surface area contributed by atoms with Gasteiger partial charge in [0.1, 0.15) is 11.6 Å². The molecule has 0 saturated heterocycles. The van der Waals surface area contributed by atoms with Crippen molar-refractivity contribution in [2.24, 2.45) is 17.3 Å². The van der Waals surface area contributed by atoms with Gasteiger partial charge in [0.05, 0.1) is 7.11 Å². The molecule has 1 nitrogen and oxygen atoms in total. The number of benzene rings is 2. The number of hydrogen-bond acceptors (Lipinski definition) is 1. The van der Waals surface area contributed by atoms with Crippen molar-refractivity contribution in [3.8, 4) is 5.75 Å². The molecule has 0 radical (unpaired) electrons. The second-order valence-corrected chi connectivity index (χ2v) is 9.81. The van der Waals surface area contributed by atoms with Gasteiger partial charge in [0, 0.05) is 0 Å². The number of methoxy groups -OCH3 is 1. The minimum atomic E-state index is -0.130. The van der Waals surface area contributed by atoms with Crippen molar-refractivity contribution in [2.75, 3.05) is 7.11 Å². The Kier molecular flexibility index (Phi) is 4.12. The van der Waals surface area contributed by atoms with Crippen molar-refractivity contribution in [3.05, 3.63) is 65.0 Å². The number of halogens is 1. The number of rotatable bonds is 2. The van der Waals surface area contributed by atoms with E-state index in [0.29, 0.717) is 11.3 Å². The third-order valence-corrected chi connectivity index (χ3v) is 9.02. The normalized spacial score (nSPS) is 36.4. The van der Waals surface area contributed by atoms with Gasteiger partial charge in [-0.3, -0.25) is 0 Å². The maximum atomic E-state index is 13.5. The summed E-state index contributed by atoms with van der Waals surface area (Å²) in [5.41, 5.74) is 4.86. The van der Waals surface area contributed by atoms with Crippen LogP contribution in [0.25, 0.3) is 0 Å². The first-order valence-corrected chi connectivity index (χ1v) is 10.9. The van der Waals surface area contributed by atoms with E-state index < -0.39 is 0 Å². The van der Waals surface area contributed by atoms with Gasteiger partial charge in [-0.25, -0.2) is 4.39 Å². The smallest absolute Gasteiger partial charge is 0.123 e. The fourth-order valence-corrected chi connectivity index (χ4v) is 7.24. The molecule has 0 unspecified atom stereocenters. The Morgan fingerprint density at radius 3 is 2.50 bits per heavy atom. The molecular weight excluding hydrogens is 347 g/mol. The lowest BCUT2D eigenvalue weighted by molar-refractivity contribution is 0.0176. The van der Waals surface area contributed by atoms with Gasteiger partial charge in [0.15, 0.2) is 0 Å². The summed E-state index contributed by atoms with van der Waals surface area (Å²) in [7, 11) is 1.76. The number of fused-ring (bicyclic) bond motifs is 5. The summed E-state index contributed by atoms with van der Waals surface area (Å²) in [6, 6.07) is 14.1. The highest BCUT2D eigenvalue weighted by Crippen LogP contribution is 2.67. The molecule has 0 spiro atoms. The molecule has 0 aliphatic heterocycles. The van der Waals surface area contributed by atoms with Gasteiger partial charge >= 0.3 is 0 Å². The van der Waals surface area contributed by atoms with Crippen molar-refractivity contribution >= 4 is 0 Å². The molecule has 5 atom stereocenters. The summed E-state index contributed by atoms with van der Waals surface area (Å²) >= 11 is 0. The lowest BCUT2D eigenvalue weighted by Gasteiger charge is -2.54. The topological polar surface area (TPSA) is 9.23 Å². The molecule has 28 heavy (non-hydrogen) atoms. The molecule has 0 amide bonds. The molecular formula is C26H31FO. The predicted molar refractivity (Wildman–Crippen MR) is 111 cm³/mol. The van der Waals surface area contributed by atoms with Gasteiger partial charge in [0.2, 0.25) is 0 Å². The second kappa shape index (κ2) is 6.34. The molecule has 2 saturated carbocycles. The van der Waals surface area contributed by atoms with E-state index in [4.69, 9.17) is 4.74 Å². The predicted octanol–water partition coefficient (Wildman–Crippen LogP) is 6.65. The van der Waals surface area contributed by atoms with Gasteiger partial charge in [-0.15, -0.1) is 0 Å². The molecule has 2 aromatic rings. The van der Waals surface area contributed by atoms with Crippen LogP contribution in [0.3, 0.4) is 0 Å². The van der Waals surface area contributed by atoms with E-state index in [0.717, 1.165) is 17.6 Å². The Hall–Kier alpha value is -1.83. The van der Waals surface area contributed by atoms with E-state index in [1.807, 2.05) is 12.1 Å². The Morgan fingerprint density at radius 2 is 1.75 bits per heavy atom. The maximum absolute atomic E-state index is 13.5. The van der Waals surface area contributed by atoms with Crippen LogP contribution in [0.4, 0.5) is 4.39 Å². The van der Waals surface area contributed by atoms with Crippen LogP contribution >= 0.6 is 0 Å². The molecule has 0 bridgehead atoms. The van der Waals surface area contributed by atoms with Gasteiger partial charge in [-0.2, -0.15) is 0 Å². The van der Waals surface area contributed by atoms with Gasteiger partial charge in [-0.05, 0) is 108 Å². The number of aryl methyl sites for hydroxylation is 1. The van der Waals surface area contributed by atoms with Crippen LogP contribution in [0.5, 0.6) is 5.75 Å². The Morgan fingerprint density at radius 1 is 0.964 bits per heavy atom. The molecule has 2 heteroatoms. The van der Waals surface area contributed by atoms with Gasteiger partial charge in [0.25, 0.3) is 0 Å². The summed E-state index contributed by atoms with van der Waals surface area (Å²) in [4.78, 5) is 0. The third-order valence-electron chi connectivity index (χ3n) is 9.02. The Balaban J connectivity index is 1.49. The molecule has 2 fully saturated rings. The third kappa shape index (κ3) is 2.42. The standard InChI is InChI=1S/C26H31FO/c1-25(18-5-7-19(27)8-6-18)15-13-24-23-10-4-17-16-20(28-3)9-11-21(17)22(23)12-14-26(24,25)2/h5-9,11,16,22-24H,4,10,12-15H2,1-3H3/t22-,23-,24+,25-,26+/m1/s1. The maximum Gasteiger partial charge on any atom is 0.123 e. The Bertz CT molecular complexity index is 888. The summed E-state index contributed by atoms with van der Waals surface area (Å²) in [5, 5.41) is 0. The number of hydrogen-bond donors (Lipinski definition) is 0. The fraction of sp³-hybridized carbons (Fsp3) is 0.538. The van der Waals surface area contributed by atoms with E-state index in [2.05, 4.69) is 32.0 Å². The van der Waals surface area contributed by atoms with Gasteiger partial charge < -0.3 is 4.74 Å². The van der Waals surface area contributed by atoms with Gasteiger partial charge in [-0.1, -0.05) is 32.0 Å². The highest BCUT2D eigenvalue weighted by molar-refractivity contribution is 5.41. The SMILES string of the molecule is COc1ccc2c(c1)CC[C@@H]1[C@@H]2CC[C@@]2(C)[C@H]1CC[C@]2(C)c1ccc(F)cc1. The average molecular weight is 379 g/mol. The van der Waals surface area contributed by atoms with Crippen LogP contribution in [0.15, 0.2) is 42.5 Å². The zero-order valence-corrected chi connectivity index (χ0v) is 17.3. The fourth-order valence-electron chi connectivity index (χ4n) is 7.24. The zero-order valence-electron chi connectivity index (χ0n) is 17.3. The minimum absolute atomic E-state index is 0.130. The monoisotopic (exact) mass is 378 g/mol. The van der Waals surface area contributed by atoms with Crippen LogP contribution < -0.4 is 4.74 Å². The first-order valence-electron chi connectivity index (χ1n) is 10.9. The lowest BCUT2D eigenvalue weighted by atomic mass is 9.50. The van der Waals surface area contributed by atoms with E-state index in [-0.39, 0.29) is 11.2 Å². The van der Waals surface area contributed by atoms with Crippen molar-refractivity contribution in [3.63, 3.8) is 0 Å². The first kappa shape index (κ1) is 18.2. The highest BCUT2D eigenvalue weighted by atomic mass is 19.1. The van der Waals surface area contributed by atoms with Crippen LogP contribution in [0.2, 0.25) is 0 Å². The van der Waals surface area contributed by atoms with E-state index >= 15 is 0 Å². The molecule has 3 aliphatic rings. The quantitative estimate of drug-likeness (QED) is 0.568. The van der Waals surface area contributed by atoms with Crippen molar-refractivity contribution in [2.45, 2.75) is 63.7 Å². The minimum Gasteiger partial charge on any atom is -0.497 e. The zero-order chi connectivity index (χ0) is 19.5. The molecule has 2 aromatic carbocycles. The molecule has 148 valence electrons. The van der Waals surface area contributed by atoms with Crippen molar-refractivity contribution in [1.82, 2.24) is 0 Å². The summed E-state index contributed by atoms with van der Waals surface area (Å²) in [5.74, 6) is 3.10. The molecule has 0 N–H and O–H groups in total. The largest absolute Gasteiger partial charge is 0.497 e. The van der Waals surface area contributed by atoms with Crippen LogP contribution in [0.1, 0.15) is 68.6 Å². The summed E-state index contributed by atoms with van der Waals surface area (Å²) in [6.07, 6.45) is 7.53. The first-order chi connectivity index (χ1) is 13.5. The second-order valence-electron chi connectivity index (χ2n) is 9.81. The van der Waals surface area contributed by atoms with E-state index in [1.54, 1.807) is 24.8 Å². The van der Waals surface area contributed by atoms with Crippen LogP contribution in [-0.4, -0.2) is 7.11 Å².